The number of ether oxygens (including phenoxy) is 4. The zero-order chi connectivity index (χ0) is 39.7. The van der Waals surface area contributed by atoms with Crippen LogP contribution >= 0.6 is 23.2 Å². The summed E-state index contributed by atoms with van der Waals surface area (Å²) in [5.41, 5.74) is 17.8. The van der Waals surface area contributed by atoms with E-state index in [0.717, 1.165) is 36.8 Å². The molecule has 0 spiro atoms. The minimum absolute atomic E-state index is 0.107. The number of halogens is 2. The Bertz CT molecular complexity index is 1490. The maximum atomic E-state index is 12.5. The van der Waals surface area contributed by atoms with Crippen molar-refractivity contribution in [3.63, 3.8) is 0 Å². The molecule has 0 aromatic heterocycles. The quantitative estimate of drug-likeness (QED) is 0.0894. The van der Waals surface area contributed by atoms with Gasteiger partial charge in [0, 0.05) is 71.0 Å². The lowest BCUT2D eigenvalue weighted by molar-refractivity contribution is -0.0238. The molecular formula is C38H54Cl2N8O6. The van der Waals surface area contributed by atoms with Crippen molar-refractivity contribution in [1.29, 1.82) is 0 Å². The molecule has 2 amide bonds. The molecule has 16 heteroatoms. The van der Waals surface area contributed by atoms with Gasteiger partial charge in [0.25, 0.3) is 0 Å². The summed E-state index contributed by atoms with van der Waals surface area (Å²) >= 11 is 12.3. The molecule has 2 aliphatic heterocycles. The number of nitrogens with zero attached hydrogens (tertiary/aromatic N) is 8. The SMILES string of the molecule is CC(C)(C)OC(=O)N1CCC[C@@H]([C@@H](OCCN=[N+]=[N-])c2cccc(Cl)c2)C1.CC(C)(C)OC(=O)N1CCC[C@@H]([C@@H](OCCN=[N+]=[N-])c2cccc(Cl)c2)C1. The molecule has 2 aromatic carbocycles. The van der Waals surface area contributed by atoms with Crippen LogP contribution in [0.1, 0.15) is 90.6 Å². The molecule has 0 aliphatic carbocycles. The van der Waals surface area contributed by atoms with Crippen LogP contribution in [0.15, 0.2) is 58.8 Å². The molecule has 4 rings (SSSR count). The van der Waals surface area contributed by atoms with Gasteiger partial charge in [0.15, 0.2) is 0 Å². The van der Waals surface area contributed by atoms with Gasteiger partial charge < -0.3 is 28.7 Å². The standard InChI is InChI=1S/2C19H27ClN4O3/c2*1-19(2,3)27-18(25)24-10-5-7-15(13-24)17(26-11-9-22-23-21)14-6-4-8-16(20)12-14/h2*4,6,8,12,15,17H,5,7,9-11,13H2,1-3H3/t2*15-,17+/m11/s1. The second-order valence-electron chi connectivity index (χ2n) is 15.3. The summed E-state index contributed by atoms with van der Waals surface area (Å²) in [5.74, 6) is 0.214. The van der Waals surface area contributed by atoms with E-state index in [-0.39, 0.29) is 49.3 Å². The summed E-state index contributed by atoms with van der Waals surface area (Å²) in [5, 5.41) is 8.33. The Morgan fingerprint density at radius 3 is 1.46 bits per heavy atom. The molecule has 14 nitrogen and oxygen atoms in total. The highest BCUT2D eigenvalue weighted by molar-refractivity contribution is 6.30. The fourth-order valence-electron chi connectivity index (χ4n) is 6.41. The third-order valence-corrected chi connectivity index (χ3v) is 9.00. The first-order valence-corrected chi connectivity index (χ1v) is 19.1. The van der Waals surface area contributed by atoms with Gasteiger partial charge in [-0.25, -0.2) is 9.59 Å². The van der Waals surface area contributed by atoms with Crippen LogP contribution < -0.4 is 0 Å². The number of likely N-dealkylation sites (tertiary alicyclic amines) is 2. The normalized spacial score (nSPS) is 18.5. The van der Waals surface area contributed by atoms with Crippen molar-refractivity contribution in [3.8, 4) is 0 Å². The zero-order valence-electron chi connectivity index (χ0n) is 32.2. The molecule has 54 heavy (non-hydrogen) atoms. The number of benzene rings is 2. The van der Waals surface area contributed by atoms with Gasteiger partial charge in [0.05, 0.1) is 25.4 Å². The van der Waals surface area contributed by atoms with Crippen LogP contribution in [0.4, 0.5) is 9.59 Å². The molecule has 2 fully saturated rings. The molecular weight excluding hydrogens is 735 g/mol. The largest absolute Gasteiger partial charge is 0.444 e. The molecule has 0 bridgehead atoms. The Labute approximate surface area is 328 Å². The molecule has 0 unspecified atom stereocenters. The van der Waals surface area contributed by atoms with Crippen LogP contribution in [0.25, 0.3) is 20.9 Å². The average molecular weight is 790 g/mol. The molecule has 0 N–H and O–H groups in total. The zero-order valence-corrected chi connectivity index (χ0v) is 33.7. The fourth-order valence-corrected chi connectivity index (χ4v) is 6.80. The van der Waals surface area contributed by atoms with E-state index in [9.17, 15) is 9.59 Å². The van der Waals surface area contributed by atoms with Gasteiger partial charge in [0.1, 0.15) is 11.2 Å². The molecule has 4 atom stereocenters. The summed E-state index contributed by atoms with van der Waals surface area (Å²) in [6.45, 7) is 14.8. The van der Waals surface area contributed by atoms with Crippen molar-refractivity contribution in [3.05, 3.63) is 90.6 Å². The van der Waals surface area contributed by atoms with Crippen molar-refractivity contribution in [2.24, 2.45) is 22.1 Å². The van der Waals surface area contributed by atoms with E-state index in [1.807, 2.05) is 90.1 Å². The first-order valence-electron chi connectivity index (χ1n) is 18.3. The van der Waals surface area contributed by atoms with Gasteiger partial charge in [-0.1, -0.05) is 57.7 Å². The van der Waals surface area contributed by atoms with E-state index in [2.05, 4.69) is 20.1 Å². The molecule has 296 valence electrons. The van der Waals surface area contributed by atoms with Crippen molar-refractivity contribution < 1.29 is 28.5 Å². The minimum atomic E-state index is -0.526. The minimum Gasteiger partial charge on any atom is -0.444 e. The van der Waals surface area contributed by atoms with Crippen LogP contribution in [-0.2, 0) is 18.9 Å². The number of hydrogen-bond donors (Lipinski definition) is 0. The lowest BCUT2D eigenvalue weighted by Gasteiger charge is -2.37. The van der Waals surface area contributed by atoms with E-state index >= 15 is 0 Å². The maximum absolute atomic E-state index is 12.5. The summed E-state index contributed by atoms with van der Waals surface area (Å²) in [4.78, 5) is 33.9. The number of hydrogen-bond acceptors (Lipinski definition) is 8. The van der Waals surface area contributed by atoms with Gasteiger partial charge in [-0.3, -0.25) is 0 Å². The van der Waals surface area contributed by atoms with Gasteiger partial charge in [-0.2, -0.15) is 0 Å². The first kappa shape index (κ1) is 44.5. The number of amides is 2. The Hall–Kier alpha value is -3.90. The van der Waals surface area contributed by atoms with Gasteiger partial charge in [-0.05, 0) is 114 Å². The molecule has 2 heterocycles. The van der Waals surface area contributed by atoms with Gasteiger partial charge in [0.2, 0.25) is 0 Å². The van der Waals surface area contributed by atoms with Crippen LogP contribution in [-0.4, -0.2) is 85.7 Å². The molecule has 2 aliphatic rings. The van der Waals surface area contributed by atoms with Gasteiger partial charge >= 0.3 is 12.2 Å². The Morgan fingerprint density at radius 2 is 1.13 bits per heavy atom. The Kier molecular flexibility index (Phi) is 18.0. The van der Waals surface area contributed by atoms with E-state index in [4.69, 9.17) is 53.2 Å². The Morgan fingerprint density at radius 1 is 0.741 bits per heavy atom. The van der Waals surface area contributed by atoms with Crippen molar-refractivity contribution in [2.45, 2.75) is 90.6 Å². The van der Waals surface area contributed by atoms with Crippen LogP contribution in [0.2, 0.25) is 10.0 Å². The van der Waals surface area contributed by atoms with Crippen LogP contribution in [0.3, 0.4) is 0 Å². The Balaban J connectivity index is 0.000000290. The fraction of sp³-hybridized carbons (Fsp3) is 0.632. The van der Waals surface area contributed by atoms with Crippen LogP contribution in [0.5, 0.6) is 0 Å². The van der Waals surface area contributed by atoms with E-state index in [0.29, 0.717) is 49.4 Å². The third kappa shape index (κ3) is 15.8. The highest BCUT2D eigenvalue weighted by atomic mass is 35.5. The van der Waals surface area contributed by atoms with Crippen molar-refractivity contribution in [2.75, 3.05) is 52.5 Å². The predicted molar refractivity (Wildman–Crippen MR) is 209 cm³/mol. The third-order valence-electron chi connectivity index (χ3n) is 8.53. The van der Waals surface area contributed by atoms with Crippen LogP contribution in [0, 0.1) is 11.8 Å². The summed E-state index contributed by atoms with van der Waals surface area (Å²) < 4.78 is 23.1. The molecule has 0 radical (unpaired) electrons. The number of piperidine rings is 2. The maximum Gasteiger partial charge on any atom is 0.410 e. The second kappa shape index (κ2) is 21.9. The van der Waals surface area contributed by atoms with E-state index < -0.39 is 11.2 Å². The topological polar surface area (TPSA) is 175 Å². The van der Waals surface area contributed by atoms with Crippen molar-refractivity contribution >= 4 is 35.4 Å². The van der Waals surface area contributed by atoms with E-state index in [1.54, 1.807) is 9.80 Å². The monoisotopic (exact) mass is 788 g/mol. The number of rotatable bonds is 12. The molecule has 2 saturated heterocycles. The van der Waals surface area contributed by atoms with Gasteiger partial charge in [-0.15, -0.1) is 0 Å². The second-order valence-corrected chi connectivity index (χ2v) is 16.1. The summed E-state index contributed by atoms with van der Waals surface area (Å²) in [6, 6.07) is 15.1. The smallest absolute Gasteiger partial charge is 0.410 e. The lowest BCUT2D eigenvalue weighted by Crippen LogP contribution is -2.44. The highest BCUT2D eigenvalue weighted by Crippen LogP contribution is 2.36. The predicted octanol–water partition coefficient (Wildman–Crippen LogP) is 10.7. The summed E-state index contributed by atoms with van der Waals surface area (Å²) in [6.07, 6.45) is 2.54. The highest BCUT2D eigenvalue weighted by Gasteiger charge is 2.34. The first-order chi connectivity index (χ1) is 25.6. The average Bonchev–Trinajstić information content (AvgIpc) is 3.11. The summed E-state index contributed by atoms with van der Waals surface area (Å²) in [7, 11) is 0. The number of carbonyl (C=O) groups excluding carboxylic acids is 2. The molecule has 0 saturated carbocycles. The number of azide groups is 2. The van der Waals surface area contributed by atoms with E-state index in [1.165, 1.54) is 0 Å². The number of carbonyl (C=O) groups is 2. The molecule has 2 aromatic rings. The van der Waals surface area contributed by atoms with Crippen molar-refractivity contribution in [1.82, 2.24) is 9.80 Å². The lowest BCUT2D eigenvalue weighted by atomic mass is 9.88.